The normalized spacial score (nSPS) is 23.1. The molecule has 5 aliphatic heterocycles. The van der Waals surface area contributed by atoms with E-state index in [1.54, 1.807) is 35.3 Å². The van der Waals surface area contributed by atoms with Crippen LogP contribution in [0.5, 0.6) is 5.75 Å². The molecule has 0 radical (unpaired) electrons. The Morgan fingerprint density at radius 2 is 1.44 bits per heavy atom. The van der Waals surface area contributed by atoms with Gasteiger partial charge in [0.25, 0.3) is 23.4 Å². The van der Waals surface area contributed by atoms with Crippen LogP contribution in [-0.2, 0) is 20.9 Å². The number of carbonyl (C=O) groups is 4. The summed E-state index contributed by atoms with van der Waals surface area (Å²) in [6.07, 6.45) is 10.7. The summed E-state index contributed by atoms with van der Waals surface area (Å²) in [4.78, 5) is 73.7. The van der Waals surface area contributed by atoms with Gasteiger partial charge in [0, 0.05) is 99.9 Å². The molecule has 5 heterocycles. The van der Waals surface area contributed by atoms with E-state index in [0.29, 0.717) is 41.8 Å². The molecular formula is C53H55N7O8. The van der Waals surface area contributed by atoms with Crippen molar-refractivity contribution in [3.8, 4) is 5.75 Å². The molecule has 1 saturated carbocycles. The molecule has 4 amide bonds. The number of carbonyl (C=O) groups excluding carboxylic acids is 4. The molecule has 1 N–H and O–H groups in total. The molecule has 4 aromatic rings. The SMILES string of the molecule is C=C1CCC(N2C(=O)c3ccc(N4CCN(CCN5CCC(OC6CC(Oc7ccc(CN8C(=O)/C(=C/C=C/c9ccc([N+](=O)[O-])cc9)c9ccccc98)cc7)C6)CC5)CC4)cc3C2=O)C(=O)N1. The van der Waals surface area contributed by atoms with Gasteiger partial charge in [-0.05, 0) is 91.4 Å². The van der Waals surface area contributed by atoms with Crippen molar-refractivity contribution in [1.29, 1.82) is 0 Å². The maximum absolute atomic E-state index is 13.7. The molecule has 10 rings (SSSR count). The fourth-order valence-corrected chi connectivity index (χ4v) is 10.1. The van der Waals surface area contributed by atoms with Crippen molar-refractivity contribution in [3.63, 3.8) is 0 Å². The molecule has 68 heavy (non-hydrogen) atoms. The highest BCUT2D eigenvalue weighted by Crippen LogP contribution is 2.38. The standard InChI is InChI=1S/C53H55N7O8/c1-35-9-20-49(50(61)54-35)59-52(63)46-19-16-39(31-47(46)53(59)64)57-29-27-56(28-30-57)26-25-55-23-21-41(22-24-55)68-43-32-42(33-43)67-40-17-12-37(13-18-40)34-58-48-8-3-2-6-44(48)45(51(58)62)7-4-5-36-10-14-38(15-11-36)60(65)66/h2-8,10-19,31,41-43,49H,1,9,20-30,32-34H2,(H,54,61)/b5-4+,45-7+. The number of nitrogens with one attached hydrogen (secondary N) is 1. The number of ether oxygens (including phenoxy) is 2. The van der Waals surface area contributed by atoms with Crippen molar-refractivity contribution in [3.05, 3.63) is 153 Å². The molecule has 6 aliphatic rings. The third-order valence-corrected chi connectivity index (χ3v) is 14.2. The lowest BCUT2D eigenvalue weighted by Gasteiger charge is -2.40. The smallest absolute Gasteiger partial charge is 0.269 e. The summed E-state index contributed by atoms with van der Waals surface area (Å²) in [6.45, 7) is 11.8. The van der Waals surface area contributed by atoms with E-state index in [4.69, 9.17) is 9.47 Å². The van der Waals surface area contributed by atoms with Crippen LogP contribution in [0.15, 0.2) is 115 Å². The summed E-state index contributed by atoms with van der Waals surface area (Å²) in [5, 5.41) is 13.7. The summed E-state index contributed by atoms with van der Waals surface area (Å²) < 4.78 is 12.8. The molecule has 1 atom stereocenters. The third-order valence-electron chi connectivity index (χ3n) is 14.2. The van der Waals surface area contributed by atoms with E-state index in [1.165, 1.54) is 12.1 Å². The van der Waals surface area contributed by atoms with E-state index < -0.39 is 22.8 Å². The van der Waals surface area contributed by atoms with Crippen molar-refractivity contribution in [1.82, 2.24) is 20.0 Å². The quantitative estimate of drug-likeness (QED) is 0.0612. The first-order chi connectivity index (χ1) is 33.0. The van der Waals surface area contributed by atoms with Crippen molar-refractivity contribution in [2.45, 2.75) is 69.4 Å². The number of nitro benzene ring substituents is 1. The molecular weight excluding hydrogens is 863 g/mol. The summed E-state index contributed by atoms with van der Waals surface area (Å²) in [5.41, 5.74) is 6.41. The van der Waals surface area contributed by atoms with Gasteiger partial charge >= 0.3 is 0 Å². The minimum absolute atomic E-state index is 0.0333. The fourth-order valence-electron chi connectivity index (χ4n) is 10.1. The molecule has 0 aromatic heterocycles. The lowest BCUT2D eigenvalue weighted by molar-refractivity contribution is -0.384. The number of anilines is 2. The number of para-hydroxylation sites is 1. The summed E-state index contributed by atoms with van der Waals surface area (Å²) in [5.74, 6) is -0.443. The number of allylic oxidation sites excluding steroid dienone is 3. The van der Waals surface area contributed by atoms with E-state index >= 15 is 0 Å². The Morgan fingerprint density at radius 3 is 2.16 bits per heavy atom. The largest absolute Gasteiger partial charge is 0.490 e. The highest BCUT2D eigenvalue weighted by atomic mass is 16.6. The maximum Gasteiger partial charge on any atom is 0.269 e. The Labute approximate surface area is 395 Å². The maximum atomic E-state index is 13.7. The number of non-ortho nitro benzene ring substituents is 1. The second kappa shape index (κ2) is 19.3. The number of piperazine rings is 1. The number of hydrogen-bond acceptors (Lipinski definition) is 11. The Morgan fingerprint density at radius 1 is 0.735 bits per heavy atom. The van der Waals surface area contributed by atoms with Gasteiger partial charge < -0.3 is 29.5 Å². The number of nitro groups is 1. The zero-order valence-electron chi connectivity index (χ0n) is 38.0. The first-order valence-corrected chi connectivity index (χ1v) is 23.7. The Balaban J connectivity index is 0.621. The van der Waals surface area contributed by atoms with Crippen molar-refractivity contribution >= 4 is 52.3 Å². The van der Waals surface area contributed by atoms with Crippen molar-refractivity contribution in [2.75, 3.05) is 62.2 Å². The number of fused-ring (bicyclic) bond motifs is 2. The second-order valence-electron chi connectivity index (χ2n) is 18.5. The van der Waals surface area contributed by atoms with Crippen LogP contribution in [0.3, 0.4) is 0 Å². The number of imide groups is 1. The van der Waals surface area contributed by atoms with Gasteiger partial charge in [-0.25, -0.2) is 0 Å². The topological polar surface area (TPSA) is 158 Å². The van der Waals surface area contributed by atoms with Crippen LogP contribution >= 0.6 is 0 Å². The van der Waals surface area contributed by atoms with Crippen LogP contribution in [-0.4, -0.2) is 120 Å². The van der Waals surface area contributed by atoms with Crippen LogP contribution in [0.1, 0.15) is 75.9 Å². The van der Waals surface area contributed by atoms with Gasteiger partial charge in [-0.3, -0.25) is 39.1 Å². The number of benzene rings is 4. The van der Waals surface area contributed by atoms with E-state index in [2.05, 4.69) is 26.6 Å². The summed E-state index contributed by atoms with van der Waals surface area (Å²) >= 11 is 0. The van der Waals surface area contributed by atoms with E-state index in [-0.39, 0.29) is 35.8 Å². The van der Waals surface area contributed by atoms with Crippen LogP contribution in [0.2, 0.25) is 0 Å². The first-order valence-electron chi connectivity index (χ1n) is 23.7. The Kier molecular flexibility index (Phi) is 12.8. The first kappa shape index (κ1) is 44.9. The zero-order chi connectivity index (χ0) is 46.9. The number of piperidine rings is 2. The monoisotopic (exact) mass is 917 g/mol. The Bertz CT molecular complexity index is 2680. The third kappa shape index (κ3) is 9.46. The van der Waals surface area contributed by atoms with E-state index in [9.17, 15) is 29.3 Å². The average molecular weight is 918 g/mol. The number of amides is 4. The predicted octanol–water partition coefficient (Wildman–Crippen LogP) is 6.84. The van der Waals surface area contributed by atoms with E-state index in [0.717, 1.165) is 117 Å². The van der Waals surface area contributed by atoms with Gasteiger partial charge in [0.05, 0.1) is 40.5 Å². The molecule has 0 spiro atoms. The van der Waals surface area contributed by atoms with Gasteiger partial charge in [-0.2, -0.15) is 0 Å². The molecule has 3 saturated heterocycles. The number of hydrogen-bond donors (Lipinski definition) is 1. The molecule has 0 bridgehead atoms. The molecule has 1 unspecified atom stereocenters. The van der Waals surface area contributed by atoms with Gasteiger partial charge in [-0.15, -0.1) is 0 Å². The highest BCUT2D eigenvalue weighted by molar-refractivity contribution is 6.32. The summed E-state index contributed by atoms with van der Waals surface area (Å²) in [6, 6.07) is 26.7. The lowest BCUT2D eigenvalue weighted by atomic mass is 9.91. The number of rotatable bonds is 14. The minimum atomic E-state index is -0.813. The van der Waals surface area contributed by atoms with E-state index in [1.807, 2.05) is 66.7 Å². The zero-order valence-corrected chi connectivity index (χ0v) is 38.0. The summed E-state index contributed by atoms with van der Waals surface area (Å²) in [7, 11) is 0. The lowest BCUT2D eigenvalue weighted by Crippen LogP contribution is -2.51. The predicted molar refractivity (Wildman–Crippen MR) is 258 cm³/mol. The number of nitrogens with zero attached hydrogens (tertiary/aromatic N) is 6. The molecule has 4 fully saturated rings. The van der Waals surface area contributed by atoms with Crippen LogP contribution in [0, 0.1) is 10.1 Å². The van der Waals surface area contributed by atoms with Crippen molar-refractivity contribution < 1.29 is 33.6 Å². The van der Waals surface area contributed by atoms with Gasteiger partial charge in [-0.1, -0.05) is 49.1 Å². The average Bonchev–Trinajstić information content (AvgIpc) is 3.75. The van der Waals surface area contributed by atoms with Gasteiger partial charge in [0.15, 0.2) is 0 Å². The van der Waals surface area contributed by atoms with Gasteiger partial charge in [0.2, 0.25) is 5.91 Å². The molecule has 1 aliphatic carbocycles. The minimum Gasteiger partial charge on any atom is -0.490 e. The van der Waals surface area contributed by atoms with Crippen LogP contribution in [0.4, 0.5) is 17.1 Å². The van der Waals surface area contributed by atoms with Crippen LogP contribution < -0.4 is 19.9 Å². The molecule has 15 nitrogen and oxygen atoms in total. The van der Waals surface area contributed by atoms with Gasteiger partial charge in [0.1, 0.15) is 17.9 Å². The number of likely N-dealkylation sites (tertiary alicyclic amines) is 1. The Hall–Kier alpha value is -6.94. The fraction of sp³-hybridized carbons (Fsp3) is 0.358. The second-order valence-corrected chi connectivity index (χ2v) is 18.5. The highest BCUT2D eigenvalue weighted by Gasteiger charge is 2.44. The van der Waals surface area contributed by atoms with Crippen molar-refractivity contribution in [2.24, 2.45) is 0 Å². The molecule has 15 heteroatoms. The molecule has 350 valence electrons. The van der Waals surface area contributed by atoms with Crippen LogP contribution in [0.25, 0.3) is 11.6 Å². The molecule has 4 aromatic carbocycles.